The van der Waals surface area contributed by atoms with Gasteiger partial charge in [0.1, 0.15) is 23.0 Å². The second-order valence-corrected chi connectivity index (χ2v) is 26.5. The predicted octanol–water partition coefficient (Wildman–Crippen LogP) is 12.4. The van der Waals surface area contributed by atoms with Crippen molar-refractivity contribution in [2.24, 2.45) is 0 Å². The molecule has 0 radical (unpaired) electrons. The largest absolute Gasteiger partial charge is 0.493 e. The van der Waals surface area contributed by atoms with Crippen molar-refractivity contribution in [2.45, 2.75) is 257 Å². The Bertz CT molecular complexity index is 1830. The molecule has 0 aliphatic carbocycles. The first kappa shape index (κ1) is 61.2. The van der Waals surface area contributed by atoms with Gasteiger partial charge in [-0.25, -0.2) is 0 Å². The Hall–Kier alpha value is -2.68. The molecule has 0 saturated carbocycles. The van der Waals surface area contributed by atoms with Crippen molar-refractivity contribution in [3.8, 4) is 34.1 Å². The molecule has 3 saturated heterocycles. The highest BCUT2D eigenvalue weighted by molar-refractivity contribution is 5.70. The third-order valence-corrected chi connectivity index (χ3v) is 14.2. The lowest BCUT2D eigenvalue weighted by Crippen LogP contribution is -2.59. The van der Waals surface area contributed by atoms with Gasteiger partial charge in [0.25, 0.3) is 0 Å². The summed E-state index contributed by atoms with van der Waals surface area (Å²) in [6.45, 7) is 41.7. The molecule has 1 atom stereocenters. The fourth-order valence-corrected chi connectivity index (χ4v) is 12.5. The molecule has 2 aromatic carbocycles. The summed E-state index contributed by atoms with van der Waals surface area (Å²) in [5.74, 6) is 2.99. The highest BCUT2D eigenvalue weighted by Gasteiger charge is 2.40. The van der Waals surface area contributed by atoms with Crippen molar-refractivity contribution < 1.29 is 37.9 Å². The first-order valence-corrected chi connectivity index (χ1v) is 28.5. The fraction of sp³-hybridized carbons (Fsp3) is 0.803. The normalized spacial score (nSPS) is 21.2. The fourth-order valence-electron chi connectivity index (χ4n) is 12.5. The minimum absolute atomic E-state index is 0.0230. The zero-order chi connectivity index (χ0) is 53.6. The molecule has 0 amide bonds. The van der Waals surface area contributed by atoms with E-state index in [1.165, 1.54) is 0 Å². The third-order valence-electron chi connectivity index (χ3n) is 14.2. The van der Waals surface area contributed by atoms with Crippen LogP contribution in [-0.4, -0.2) is 123 Å². The van der Waals surface area contributed by atoms with E-state index in [0.29, 0.717) is 52.9 Å². The molecule has 5 rings (SSSR count). The molecule has 418 valence electrons. The topological polar surface area (TPSA) is 122 Å². The van der Waals surface area contributed by atoms with Crippen LogP contribution in [0.2, 0.25) is 0 Å². The number of ether oxygens (including phenoxy) is 8. The van der Waals surface area contributed by atoms with Crippen LogP contribution in [0, 0.1) is 0 Å². The molecule has 3 aliphatic rings. The molecular formula is C61H106N4O8. The highest BCUT2D eigenvalue weighted by Crippen LogP contribution is 2.37. The lowest BCUT2D eigenvalue weighted by Gasteiger charge is -2.46. The van der Waals surface area contributed by atoms with Crippen molar-refractivity contribution in [2.75, 3.05) is 59.4 Å². The van der Waals surface area contributed by atoms with Gasteiger partial charge < -0.3 is 59.2 Å². The van der Waals surface area contributed by atoms with Gasteiger partial charge in [-0.05, 0) is 190 Å². The molecule has 4 N–H and O–H groups in total. The minimum atomic E-state index is 0.0230. The first-order valence-electron chi connectivity index (χ1n) is 28.5. The molecule has 12 nitrogen and oxygen atoms in total. The van der Waals surface area contributed by atoms with E-state index in [4.69, 9.17) is 37.9 Å². The average Bonchev–Trinajstić information content (AvgIpc) is 3.22. The van der Waals surface area contributed by atoms with Gasteiger partial charge in [0.2, 0.25) is 0 Å². The van der Waals surface area contributed by atoms with Crippen LogP contribution in [0.25, 0.3) is 11.1 Å². The summed E-state index contributed by atoms with van der Waals surface area (Å²) in [4.78, 5) is 0. The van der Waals surface area contributed by atoms with Gasteiger partial charge in [0.05, 0.1) is 77.3 Å². The quantitative estimate of drug-likeness (QED) is 0.0538. The monoisotopic (exact) mass is 1020 g/mol. The van der Waals surface area contributed by atoms with Gasteiger partial charge in [-0.3, -0.25) is 0 Å². The van der Waals surface area contributed by atoms with Crippen molar-refractivity contribution in [3.63, 3.8) is 0 Å². The third kappa shape index (κ3) is 22.8. The predicted molar refractivity (Wildman–Crippen MR) is 300 cm³/mol. The summed E-state index contributed by atoms with van der Waals surface area (Å²) in [6, 6.07) is 12.4. The van der Waals surface area contributed by atoms with Crippen LogP contribution < -0.4 is 40.2 Å². The minimum Gasteiger partial charge on any atom is -0.493 e. The van der Waals surface area contributed by atoms with E-state index in [1.807, 2.05) is 12.1 Å². The number of hydrogen-bond donors (Lipinski definition) is 4. The summed E-state index contributed by atoms with van der Waals surface area (Å²) in [7, 11) is 0. The number of nitrogens with one attached hydrogen (secondary N) is 4. The van der Waals surface area contributed by atoms with Gasteiger partial charge in [-0.1, -0.05) is 20.3 Å². The van der Waals surface area contributed by atoms with Gasteiger partial charge in [-0.2, -0.15) is 0 Å². The molecule has 0 spiro atoms. The lowest BCUT2D eigenvalue weighted by molar-refractivity contribution is -0.0252. The van der Waals surface area contributed by atoms with E-state index in [9.17, 15) is 0 Å². The van der Waals surface area contributed by atoms with Crippen LogP contribution in [-0.2, 0) is 18.9 Å². The van der Waals surface area contributed by atoms with Crippen molar-refractivity contribution in [1.29, 1.82) is 0 Å². The maximum Gasteiger partial charge on any atom is 0.123 e. The van der Waals surface area contributed by atoms with Crippen LogP contribution in [0.3, 0.4) is 0 Å². The number of benzene rings is 2. The molecule has 0 bridgehead atoms. The van der Waals surface area contributed by atoms with E-state index in [-0.39, 0.29) is 63.2 Å². The smallest absolute Gasteiger partial charge is 0.123 e. The molecule has 12 heteroatoms. The van der Waals surface area contributed by atoms with Crippen LogP contribution >= 0.6 is 0 Å². The molecule has 0 aromatic heterocycles. The van der Waals surface area contributed by atoms with E-state index in [1.54, 1.807) is 0 Å². The average molecular weight is 1020 g/mol. The Morgan fingerprint density at radius 1 is 0.466 bits per heavy atom. The van der Waals surface area contributed by atoms with Crippen molar-refractivity contribution >= 4 is 0 Å². The standard InChI is InChI=1S/C61H106N4O8/c1-17-23-47(38-55(3,4)62-18-2)66-24-19-25-67-48-32-45(33-49(36-48)68-26-20-29-71-52-39-56(5,6)63-57(7,8)40-52)46-34-50(69-27-21-30-72-53-41-58(9,10)64-59(11,12)42-53)37-51(35-46)70-28-22-31-73-54-43-60(13,14)65-61(15,16)44-54/h32-37,47,52-54,62-65H,17-31,38-44H2,1-16H3. The maximum atomic E-state index is 6.53. The lowest BCUT2D eigenvalue weighted by atomic mass is 9.81. The van der Waals surface area contributed by atoms with Crippen LogP contribution in [0.4, 0.5) is 0 Å². The van der Waals surface area contributed by atoms with Gasteiger partial charge in [0.15, 0.2) is 0 Å². The molecule has 73 heavy (non-hydrogen) atoms. The van der Waals surface area contributed by atoms with Gasteiger partial charge in [-0.15, -0.1) is 0 Å². The Balaban J connectivity index is 1.29. The summed E-state index contributed by atoms with van der Waals surface area (Å²) >= 11 is 0. The van der Waals surface area contributed by atoms with Crippen LogP contribution in [0.15, 0.2) is 36.4 Å². The SMILES string of the molecule is CCCC(CC(C)(C)NCC)OCCCOc1cc(OCCCOC2CC(C)(C)NC(C)(C)C2)cc(-c2cc(OCCCOC3CC(C)(C)NC(C)(C)C3)cc(OCCCOC3CC(C)(C)NC(C)(C)C3)c2)c1. The molecule has 3 heterocycles. The molecule has 3 fully saturated rings. The molecule has 1 unspecified atom stereocenters. The Morgan fingerprint density at radius 2 is 0.767 bits per heavy atom. The van der Waals surface area contributed by atoms with E-state index < -0.39 is 0 Å². The second kappa shape index (κ2) is 27.1. The number of hydrogen-bond acceptors (Lipinski definition) is 12. The maximum absolute atomic E-state index is 6.53. The number of piperidine rings is 3. The highest BCUT2D eigenvalue weighted by atomic mass is 16.5. The molecule has 3 aliphatic heterocycles. The Kier molecular flexibility index (Phi) is 22.7. The summed E-state index contributed by atoms with van der Waals surface area (Å²) < 4.78 is 52.0. The van der Waals surface area contributed by atoms with Crippen molar-refractivity contribution in [1.82, 2.24) is 21.3 Å². The summed E-state index contributed by atoms with van der Waals surface area (Å²) in [6.07, 6.45) is 13.0. The van der Waals surface area contributed by atoms with Crippen LogP contribution in [0.5, 0.6) is 23.0 Å². The van der Waals surface area contributed by atoms with Gasteiger partial charge >= 0.3 is 0 Å². The molecular weight excluding hydrogens is 917 g/mol. The zero-order valence-electron chi connectivity index (χ0n) is 49.1. The zero-order valence-corrected chi connectivity index (χ0v) is 49.1. The van der Waals surface area contributed by atoms with Crippen LogP contribution in [0.1, 0.15) is 194 Å². The molecule has 2 aromatic rings. The summed E-state index contributed by atoms with van der Waals surface area (Å²) in [5, 5.41) is 14.9. The van der Waals surface area contributed by atoms with Gasteiger partial charge in [0, 0.05) is 76.6 Å². The Labute approximate surface area is 444 Å². The van der Waals surface area contributed by atoms with E-state index >= 15 is 0 Å². The number of rotatable bonds is 31. The Morgan fingerprint density at radius 3 is 1.05 bits per heavy atom. The van der Waals surface area contributed by atoms with E-state index in [0.717, 1.165) is 124 Å². The first-order chi connectivity index (χ1) is 34.1. The second-order valence-electron chi connectivity index (χ2n) is 26.5. The van der Waals surface area contributed by atoms with E-state index in [2.05, 4.69) is 156 Å². The summed E-state index contributed by atoms with van der Waals surface area (Å²) in [5.41, 5.74) is 2.15. The van der Waals surface area contributed by atoms with Crippen molar-refractivity contribution in [3.05, 3.63) is 36.4 Å².